The van der Waals surface area contributed by atoms with E-state index in [2.05, 4.69) is 32.2 Å². The van der Waals surface area contributed by atoms with Crippen LogP contribution in [0.5, 0.6) is 0 Å². The van der Waals surface area contributed by atoms with Crippen LogP contribution in [-0.2, 0) is 0 Å². The second-order valence-electron chi connectivity index (χ2n) is 5.95. The molecule has 2 aromatic heterocycles. The van der Waals surface area contributed by atoms with Crippen LogP contribution < -0.4 is 5.32 Å². The molecule has 3 heterocycles. The summed E-state index contributed by atoms with van der Waals surface area (Å²) >= 11 is 0. The molecule has 0 aliphatic carbocycles. The Morgan fingerprint density at radius 1 is 1.23 bits per heavy atom. The molecular weight excluding hydrogens is 276 g/mol. The van der Waals surface area contributed by atoms with Gasteiger partial charge in [0, 0.05) is 24.8 Å². The van der Waals surface area contributed by atoms with Crippen LogP contribution in [0.3, 0.4) is 0 Å². The second-order valence-corrected chi connectivity index (χ2v) is 5.95. The maximum atomic E-state index is 4.66. The number of hydrogen-bond acceptors (Lipinski definition) is 5. The Bertz CT molecular complexity index is 627. The van der Waals surface area contributed by atoms with Crippen molar-refractivity contribution in [1.29, 1.82) is 0 Å². The highest BCUT2D eigenvalue weighted by Gasteiger charge is 2.18. The first-order chi connectivity index (χ1) is 10.7. The number of piperidine rings is 1. The lowest BCUT2D eigenvalue weighted by atomic mass is 10.1. The molecule has 118 valence electrons. The van der Waals surface area contributed by atoms with E-state index in [1.54, 1.807) is 12.4 Å². The first-order valence-electron chi connectivity index (χ1n) is 8.00. The number of nitrogens with one attached hydrogen (secondary N) is 1. The lowest BCUT2D eigenvalue weighted by Gasteiger charge is -2.31. The van der Waals surface area contributed by atoms with Crippen molar-refractivity contribution in [2.75, 3.05) is 25.0 Å². The van der Waals surface area contributed by atoms with Gasteiger partial charge in [-0.15, -0.1) is 0 Å². The standard InChI is InChI=1S/C16H24N6/c1-4-21-7-5-14(6-8-21)18-15-10-17-11-16(19-15)22-13(3)9-12(2)20-22/h9-11,14H,4-8H2,1-3H3,(H,18,19). The fourth-order valence-electron chi connectivity index (χ4n) is 2.99. The molecule has 0 amide bonds. The molecule has 0 radical (unpaired) electrons. The number of aryl methyl sites for hydroxylation is 2. The minimum Gasteiger partial charge on any atom is -0.366 e. The maximum absolute atomic E-state index is 4.66. The maximum Gasteiger partial charge on any atom is 0.174 e. The van der Waals surface area contributed by atoms with Crippen molar-refractivity contribution in [2.45, 2.75) is 39.7 Å². The van der Waals surface area contributed by atoms with Gasteiger partial charge >= 0.3 is 0 Å². The van der Waals surface area contributed by atoms with E-state index in [1.165, 1.54) is 0 Å². The predicted octanol–water partition coefficient (Wildman–Crippen LogP) is 2.18. The molecule has 1 fully saturated rings. The van der Waals surface area contributed by atoms with E-state index in [1.807, 2.05) is 24.6 Å². The SMILES string of the molecule is CCN1CCC(Nc2cncc(-n3nc(C)cc3C)n2)CC1. The topological polar surface area (TPSA) is 58.9 Å². The molecule has 1 saturated heterocycles. The van der Waals surface area contributed by atoms with Gasteiger partial charge in [-0.05, 0) is 39.3 Å². The molecule has 0 unspecified atom stereocenters. The normalized spacial score (nSPS) is 16.9. The lowest BCUT2D eigenvalue weighted by Crippen LogP contribution is -2.39. The Balaban J connectivity index is 1.71. The predicted molar refractivity (Wildman–Crippen MR) is 87.4 cm³/mol. The van der Waals surface area contributed by atoms with Gasteiger partial charge in [0.05, 0.1) is 18.1 Å². The summed E-state index contributed by atoms with van der Waals surface area (Å²) < 4.78 is 1.84. The minimum absolute atomic E-state index is 0.479. The summed E-state index contributed by atoms with van der Waals surface area (Å²) in [4.78, 5) is 11.5. The highest BCUT2D eigenvalue weighted by Crippen LogP contribution is 2.16. The fraction of sp³-hybridized carbons (Fsp3) is 0.562. The molecular formula is C16H24N6. The summed E-state index contributed by atoms with van der Waals surface area (Å²) in [6.07, 6.45) is 5.85. The highest BCUT2D eigenvalue weighted by molar-refractivity contribution is 5.37. The van der Waals surface area contributed by atoms with Gasteiger partial charge in [-0.1, -0.05) is 6.92 Å². The van der Waals surface area contributed by atoms with E-state index >= 15 is 0 Å². The third-order valence-electron chi connectivity index (χ3n) is 4.24. The zero-order valence-electron chi connectivity index (χ0n) is 13.6. The molecule has 1 N–H and O–H groups in total. The van der Waals surface area contributed by atoms with Crippen molar-refractivity contribution in [2.24, 2.45) is 0 Å². The van der Waals surface area contributed by atoms with Crippen LogP contribution >= 0.6 is 0 Å². The third-order valence-corrected chi connectivity index (χ3v) is 4.24. The van der Waals surface area contributed by atoms with E-state index in [0.717, 1.165) is 55.5 Å². The van der Waals surface area contributed by atoms with E-state index in [0.29, 0.717) is 6.04 Å². The number of likely N-dealkylation sites (tertiary alicyclic amines) is 1. The van der Waals surface area contributed by atoms with Crippen molar-refractivity contribution >= 4 is 5.82 Å². The summed E-state index contributed by atoms with van der Waals surface area (Å²) in [7, 11) is 0. The Labute approximate surface area is 131 Å². The Kier molecular flexibility index (Phi) is 4.38. The van der Waals surface area contributed by atoms with Gasteiger partial charge < -0.3 is 10.2 Å². The van der Waals surface area contributed by atoms with E-state index in [4.69, 9.17) is 0 Å². The molecule has 2 aromatic rings. The van der Waals surface area contributed by atoms with Crippen molar-refractivity contribution < 1.29 is 0 Å². The van der Waals surface area contributed by atoms with E-state index in [-0.39, 0.29) is 0 Å². The van der Waals surface area contributed by atoms with Gasteiger partial charge in [0.15, 0.2) is 5.82 Å². The average molecular weight is 300 g/mol. The van der Waals surface area contributed by atoms with Crippen LogP contribution in [0.4, 0.5) is 5.82 Å². The summed E-state index contributed by atoms with van der Waals surface area (Å²) in [6.45, 7) is 9.68. The van der Waals surface area contributed by atoms with Gasteiger partial charge in [-0.2, -0.15) is 5.10 Å². The van der Waals surface area contributed by atoms with E-state index < -0.39 is 0 Å². The zero-order valence-corrected chi connectivity index (χ0v) is 13.6. The summed E-state index contributed by atoms with van der Waals surface area (Å²) in [5.74, 6) is 1.60. The fourth-order valence-corrected chi connectivity index (χ4v) is 2.99. The first-order valence-corrected chi connectivity index (χ1v) is 8.00. The molecule has 0 bridgehead atoms. The van der Waals surface area contributed by atoms with Gasteiger partial charge in [-0.25, -0.2) is 9.67 Å². The highest BCUT2D eigenvalue weighted by atomic mass is 15.3. The second kappa shape index (κ2) is 6.44. The molecule has 22 heavy (non-hydrogen) atoms. The van der Waals surface area contributed by atoms with Gasteiger partial charge in [0.2, 0.25) is 0 Å². The first kappa shape index (κ1) is 15.0. The molecule has 6 nitrogen and oxygen atoms in total. The molecule has 0 atom stereocenters. The number of nitrogens with zero attached hydrogens (tertiary/aromatic N) is 5. The molecule has 6 heteroatoms. The van der Waals surface area contributed by atoms with Crippen molar-refractivity contribution in [3.63, 3.8) is 0 Å². The zero-order chi connectivity index (χ0) is 15.5. The average Bonchev–Trinajstić information content (AvgIpc) is 2.87. The Morgan fingerprint density at radius 3 is 2.64 bits per heavy atom. The Morgan fingerprint density at radius 2 is 2.00 bits per heavy atom. The van der Waals surface area contributed by atoms with Gasteiger partial charge in [-0.3, -0.25) is 4.98 Å². The summed E-state index contributed by atoms with van der Waals surface area (Å²) in [6, 6.07) is 2.52. The Hall–Kier alpha value is -1.95. The monoisotopic (exact) mass is 300 g/mol. The molecule has 0 spiro atoms. The number of hydrogen-bond donors (Lipinski definition) is 1. The van der Waals surface area contributed by atoms with Crippen molar-refractivity contribution in [1.82, 2.24) is 24.6 Å². The van der Waals surface area contributed by atoms with Crippen LogP contribution in [0.2, 0.25) is 0 Å². The van der Waals surface area contributed by atoms with Crippen LogP contribution in [0.15, 0.2) is 18.5 Å². The molecule has 1 aliphatic heterocycles. The summed E-state index contributed by atoms with van der Waals surface area (Å²) in [5.41, 5.74) is 2.06. The number of rotatable bonds is 4. The largest absolute Gasteiger partial charge is 0.366 e. The quantitative estimate of drug-likeness (QED) is 0.938. The van der Waals surface area contributed by atoms with Crippen LogP contribution in [0.25, 0.3) is 5.82 Å². The van der Waals surface area contributed by atoms with Crippen LogP contribution in [-0.4, -0.2) is 50.3 Å². The van der Waals surface area contributed by atoms with Gasteiger partial charge in [0.25, 0.3) is 0 Å². The van der Waals surface area contributed by atoms with Crippen LogP contribution in [0, 0.1) is 13.8 Å². The van der Waals surface area contributed by atoms with E-state index in [9.17, 15) is 0 Å². The van der Waals surface area contributed by atoms with Crippen molar-refractivity contribution in [3.05, 3.63) is 29.8 Å². The molecule has 0 aromatic carbocycles. The van der Waals surface area contributed by atoms with Crippen LogP contribution in [0.1, 0.15) is 31.2 Å². The molecule has 3 rings (SSSR count). The number of anilines is 1. The molecule has 0 saturated carbocycles. The molecule has 1 aliphatic rings. The van der Waals surface area contributed by atoms with Crippen molar-refractivity contribution in [3.8, 4) is 5.82 Å². The summed E-state index contributed by atoms with van der Waals surface area (Å²) in [5, 5.41) is 7.99. The van der Waals surface area contributed by atoms with Gasteiger partial charge in [0.1, 0.15) is 5.82 Å². The minimum atomic E-state index is 0.479. The smallest absolute Gasteiger partial charge is 0.174 e. The third kappa shape index (κ3) is 3.27. The lowest BCUT2D eigenvalue weighted by molar-refractivity contribution is 0.229. The number of aromatic nitrogens is 4.